The Morgan fingerprint density at radius 2 is 2.16 bits per heavy atom. The predicted molar refractivity (Wildman–Crippen MR) is 77.4 cm³/mol. The fourth-order valence-corrected chi connectivity index (χ4v) is 4.53. The first-order valence-electron chi connectivity index (χ1n) is 6.41. The van der Waals surface area contributed by atoms with Crippen molar-refractivity contribution in [3.63, 3.8) is 0 Å². The Labute approximate surface area is 118 Å². The standard InChI is InChI=1S/C13H19NO3S2/c1-9-6-7-18-12(9)13(15)14-10-4-3-5-11(8-10)19(2,16)17/h6-7,10-11H,3-5,8H2,1-2H3,(H,14,15)/t10-,11+/m1/s1. The zero-order chi connectivity index (χ0) is 14.0. The summed E-state index contributed by atoms with van der Waals surface area (Å²) in [5, 5.41) is 4.56. The van der Waals surface area contributed by atoms with Crippen LogP contribution in [0.1, 0.15) is 40.9 Å². The van der Waals surface area contributed by atoms with E-state index >= 15 is 0 Å². The number of thiophene rings is 1. The average molecular weight is 301 g/mol. The Morgan fingerprint density at radius 1 is 1.42 bits per heavy atom. The van der Waals surface area contributed by atoms with Gasteiger partial charge in [-0.15, -0.1) is 11.3 Å². The molecule has 1 heterocycles. The van der Waals surface area contributed by atoms with E-state index < -0.39 is 9.84 Å². The Bertz CT molecular complexity index is 562. The van der Waals surface area contributed by atoms with Crippen molar-refractivity contribution in [2.75, 3.05) is 6.26 Å². The molecule has 1 fully saturated rings. The molecule has 1 aromatic rings. The van der Waals surface area contributed by atoms with Crippen molar-refractivity contribution in [1.82, 2.24) is 5.32 Å². The lowest BCUT2D eigenvalue weighted by Crippen LogP contribution is -2.41. The number of hydrogen-bond donors (Lipinski definition) is 1. The van der Waals surface area contributed by atoms with Crippen LogP contribution in [0, 0.1) is 6.92 Å². The van der Waals surface area contributed by atoms with Crippen LogP contribution in [0.4, 0.5) is 0 Å². The van der Waals surface area contributed by atoms with Crippen LogP contribution in [0.25, 0.3) is 0 Å². The molecule has 1 N–H and O–H groups in total. The van der Waals surface area contributed by atoms with Crippen LogP contribution in [-0.4, -0.2) is 31.9 Å². The first-order chi connectivity index (χ1) is 8.88. The van der Waals surface area contributed by atoms with Gasteiger partial charge >= 0.3 is 0 Å². The second-order valence-corrected chi connectivity index (χ2v) is 8.46. The van der Waals surface area contributed by atoms with Gasteiger partial charge in [-0.1, -0.05) is 6.42 Å². The maximum Gasteiger partial charge on any atom is 0.261 e. The summed E-state index contributed by atoms with van der Waals surface area (Å²) in [5.41, 5.74) is 0.970. The molecule has 1 aliphatic rings. The number of rotatable bonds is 3. The third kappa shape index (κ3) is 3.57. The van der Waals surface area contributed by atoms with Crippen LogP contribution in [0.3, 0.4) is 0 Å². The first kappa shape index (κ1) is 14.5. The highest BCUT2D eigenvalue weighted by Crippen LogP contribution is 2.24. The Hall–Kier alpha value is -0.880. The lowest BCUT2D eigenvalue weighted by molar-refractivity contribution is 0.0931. The van der Waals surface area contributed by atoms with E-state index in [2.05, 4.69) is 5.32 Å². The van der Waals surface area contributed by atoms with Gasteiger partial charge in [-0.05, 0) is 43.2 Å². The van der Waals surface area contributed by atoms with E-state index in [1.165, 1.54) is 17.6 Å². The predicted octanol–water partition coefficient (Wildman–Crippen LogP) is 2.14. The summed E-state index contributed by atoms with van der Waals surface area (Å²) in [6.07, 6.45) is 4.25. The van der Waals surface area contributed by atoms with Crippen LogP contribution in [0.15, 0.2) is 11.4 Å². The summed E-state index contributed by atoms with van der Waals surface area (Å²) in [4.78, 5) is 12.8. The normalized spacial score (nSPS) is 24.1. The molecule has 0 unspecified atom stereocenters. The van der Waals surface area contributed by atoms with E-state index in [-0.39, 0.29) is 17.2 Å². The number of aryl methyl sites for hydroxylation is 1. The van der Waals surface area contributed by atoms with E-state index in [0.29, 0.717) is 12.8 Å². The molecular weight excluding hydrogens is 282 g/mol. The molecule has 2 atom stereocenters. The quantitative estimate of drug-likeness (QED) is 0.930. The van der Waals surface area contributed by atoms with Gasteiger partial charge < -0.3 is 5.32 Å². The van der Waals surface area contributed by atoms with Gasteiger partial charge in [0, 0.05) is 12.3 Å². The lowest BCUT2D eigenvalue weighted by Gasteiger charge is -2.28. The first-order valence-corrected chi connectivity index (χ1v) is 9.25. The molecule has 0 aromatic carbocycles. The zero-order valence-corrected chi connectivity index (χ0v) is 12.8. The third-order valence-electron chi connectivity index (χ3n) is 3.64. The smallest absolute Gasteiger partial charge is 0.261 e. The second kappa shape index (κ2) is 5.63. The molecule has 0 spiro atoms. The van der Waals surface area contributed by atoms with Crippen molar-refractivity contribution in [3.8, 4) is 0 Å². The Morgan fingerprint density at radius 3 is 2.74 bits per heavy atom. The molecule has 1 amide bonds. The topological polar surface area (TPSA) is 63.2 Å². The molecule has 106 valence electrons. The van der Waals surface area contributed by atoms with Crippen molar-refractivity contribution in [2.24, 2.45) is 0 Å². The molecule has 1 saturated carbocycles. The summed E-state index contributed by atoms with van der Waals surface area (Å²) in [7, 11) is -3.01. The minimum atomic E-state index is -3.01. The van der Waals surface area contributed by atoms with E-state index in [1.807, 2.05) is 18.4 Å². The minimum absolute atomic E-state index is 0.0255. The SMILES string of the molecule is Cc1ccsc1C(=O)N[C@@H]1CCC[C@H](S(C)(=O)=O)C1. The van der Waals surface area contributed by atoms with Gasteiger partial charge in [-0.2, -0.15) is 0 Å². The van der Waals surface area contributed by atoms with Crippen molar-refractivity contribution < 1.29 is 13.2 Å². The summed E-state index contributed by atoms with van der Waals surface area (Å²) in [6.45, 7) is 1.91. The van der Waals surface area contributed by atoms with Crippen molar-refractivity contribution >= 4 is 27.1 Å². The third-order valence-corrected chi connectivity index (χ3v) is 6.29. The van der Waals surface area contributed by atoms with Crippen LogP contribution in [0.5, 0.6) is 0 Å². The molecule has 0 radical (unpaired) electrons. The van der Waals surface area contributed by atoms with E-state index in [9.17, 15) is 13.2 Å². The Kier molecular flexibility index (Phi) is 4.30. The van der Waals surface area contributed by atoms with Gasteiger partial charge in [-0.3, -0.25) is 4.79 Å². The monoisotopic (exact) mass is 301 g/mol. The van der Waals surface area contributed by atoms with Crippen LogP contribution in [0.2, 0.25) is 0 Å². The van der Waals surface area contributed by atoms with Gasteiger partial charge in [0.2, 0.25) is 0 Å². The number of sulfone groups is 1. The highest BCUT2D eigenvalue weighted by molar-refractivity contribution is 7.91. The van der Waals surface area contributed by atoms with Gasteiger partial charge in [0.1, 0.15) is 9.84 Å². The fraction of sp³-hybridized carbons (Fsp3) is 0.615. The average Bonchev–Trinajstić information content (AvgIpc) is 2.75. The molecule has 0 bridgehead atoms. The fourth-order valence-electron chi connectivity index (χ4n) is 2.52. The second-order valence-electron chi connectivity index (χ2n) is 5.22. The zero-order valence-electron chi connectivity index (χ0n) is 11.2. The maximum atomic E-state index is 12.1. The summed E-state index contributed by atoms with van der Waals surface area (Å²) < 4.78 is 23.2. The molecule has 1 aliphatic carbocycles. The number of hydrogen-bond acceptors (Lipinski definition) is 4. The van der Waals surface area contributed by atoms with Gasteiger partial charge in [-0.25, -0.2) is 8.42 Å². The molecule has 1 aromatic heterocycles. The number of carbonyl (C=O) groups excluding carboxylic acids is 1. The van der Waals surface area contributed by atoms with Crippen LogP contribution >= 0.6 is 11.3 Å². The Balaban J connectivity index is 2.00. The maximum absolute atomic E-state index is 12.1. The van der Waals surface area contributed by atoms with Crippen LogP contribution in [-0.2, 0) is 9.84 Å². The lowest BCUT2D eigenvalue weighted by atomic mass is 9.95. The van der Waals surface area contributed by atoms with Gasteiger partial charge in [0.15, 0.2) is 0 Å². The summed E-state index contributed by atoms with van der Waals surface area (Å²) in [5.74, 6) is -0.0772. The molecular formula is C13H19NO3S2. The van der Waals surface area contributed by atoms with E-state index in [0.717, 1.165) is 23.3 Å². The van der Waals surface area contributed by atoms with Crippen LogP contribution < -0.4 is 5.32 Å². The molecule has 4 nitrogen and oxygen atoms in total. The number of carbonyl (C=O) groups is 1. The van der Waals surface area contributed by atoms with Gasteiger partial charge in [0.25, 0.3) is 5.91 Å². The van der Waals surface area contributed by atoms with Crippen molar-refractivity contribution in [1.29, 1.82) is 0 Å². The number of nitrogens with one attached hydrogen (secondary N) is 1. The van der Waals surface area contributed by atoms with E-state index in [1.54, 1.807) is 0 Å². The molecule has 6 heteroatoms. The molecule has 19 heavy (non-hydrogen) atoms. The van der Waals surface area contributed by atoms with Gasteiger partial charge in [0.05, 0.1) is 10.1 Å². The highest BCUT2D eigenvalue weighted by atomic mass is 32.2. The molecule has 0 saturated heterocycles. The largest absolute Gasteiger partial charge is 0.349 e. The summed E-state index contributed by atoms with van der Waals surface area (Å²) in [6, 6.07) is 1.89. The molecule has 0 aliphatic heterocycles. The summed E-state index contributed by atoms with van der Waals surface area (Å²) >= 11 is 1.42. The highest BCUT2D eigenvalue weighted by Gasteiger charge is 2.30. The minimum Gasteiger partial charge on any atom is -0.349 e. The number of amides is 1. The van der Waals surface area contributed by atoms with Crippen molar-refractivity contribution in [3.05, 3.63) is 21.9 Å². The van der Waals surface area contributed by atoms with Crippen molar-refractivity contribution in [2.45, 2.75) is 43.9 Å². The molecule has 2 rings (SSSR count). The van der Waals surface area contributed by atoms with E-state index in [4.69, 9.17) is 0 Å².